The topological polar surface area (TPSA) is 0 Å². The van der Waals surface area contributed by atoms with E-state index >= 15 is 0 Å². The lowest BCUT2D eigenvalue weighted by Crippen LogP contribution is -1.70. The van der Waals surface area contributed by atoms with Gasteiger partial charge in [-0.05, 0) is 0 Å². The minimum absolute atomic E-state index is 1.36. The average Bonchev–Trinajstić information content (AvgIpc) is 1.94. The Kier molecular flexibility index (Phi) is 4.41. The summed E-state index contributed by atoms with van der Waals surface area (Å²) in [6.45, 7) is 4.49. The van der Waals surface area contributed by atoms with Gasteiger partial charge in [-0.3, -0.25) is 0 Å². The van der Waals surface area contributed by atoms with Gasteiger partial charge >= 0.3 is 0 Å². The lowest BCUT2D eigenvalue weighted by Gasteiger charge is -1.90. The Morgan fingerprint density at radius 1 is 1.00 bits per heavy atom. The molecule has 0 N–H and O–H groups in total. The van der Waals surface area contributed by atoms with E-state index in [9.17, 15) is 0 Å². The highest BCUT2D eigenvalue weighted by Crippen LogP contribution is 2.00. The maximum Gasteiger partial charge on any atom is 0 e. The molecule has 0 aromatic rings. The quantitative estimate of drug-likeness (QED) is 0.483. The molecule has 0 aromatic carbocycles. The molecular weight excluding hydrogens is 84.1 g/mol. The molecule has 0 saturated heterocycles. The molecule has 0 nitrogen and oxygen atoms in total. The van der Waals surface area contributed by atoms with E-state index in [2.05, 4.69) is 13.8 Å². The van der Waals surface area contributed by atoms with Crippen LogP contribution in [0.5, 0.6) is 0 Å². The number of unbranched alkanes of at least 4 members (excludes halogenated alkanes) is 4. The maximum atomic E-state index is 5.00. The van der Waals surface area contributed by atoms with Crippen LogP contribution in [0, 0.1) is 0 Å². The van der Waals surface area contributed by atoms with Gasteiger partial charge in [0.1, 0.15) is 0 Å². The highest BCUT2D eigenvalue weighted by Gasteiger charge is 1.80. The zero-order valence-corrected chi connectivity index (χ0v) is 5.54. The van der Waals surface area contributed by atoms with Crippen molar-refractivity contribution < 1.29 is 2.97 Å². The van der Waals surface area contributed by atoms with Crippen molar-refractivity contribution >= 4 is 0 Å². The summed E-state index contributed by atoms with van der Waals surface area (Å²) in [5.41, 5.74) is 0. The van der Waals surface area contributed by atoms with E-state index in [4.69, 9.17) is 2.97 Å². The summed E-state index contributed by atoms with van der Waals surface area (Å²) in [4.78, 5) is 0. The summed E-state index contributed by atoms with van der Waals surface area (Å²) in [7, 11) is 0. The van der Waals surface area contributed by atoms with Crippen LogP contribution in [0.2, 0.25) is 0 Å². The van der Waals surface area contributed by atoms with Gasteiger partial charge in [0.25, 0.3) is 0 Å². The van der Waals surface area contributed by atoms with Gasteiger partial charge in [-0.15, -0.1) is 0 Å². The molecule has 0 aliphatic heterocycles. The monoisotopic (exact) mass is 106 g/mol. The molecular formula is C7H18. The van der Waals surface area contributed by atoms with Crippen molar-refractivity contribution in [2.24, 2.45) is 0 Å². The Morgan fingerprint density at radius 2 is 1.43 bits per heavy atom. The fourth-order valence-corrected chi connectivity index (χ4v) is 0.677. The molecule has 0 atom stereocenters. The van der Waals surface area contributed by atoms with Crippen molar-refractivity contribution in [3.63, 3.8) is 0 Å². The van der Waals surface area contributed by atoms with Crippen LogP contribution in [0.3, 0.4) is 0 Å². The molecule has 46 valence electrons. The minimum Gasteiger partial charge on any atom is -0.0654 e. The molecule has 0 radical (unpaired) electrons. The first-order valence-corrected chi connectivity index (χ1v) is 3.41. The SMILES string of the molecule is CCCCCCC.[3H][3H]. The van der Waals surface area contributed by atoms with Crippen molar-refractivity contribution in [3.8, 4) is 0 Å². The first kappa shape index (κ1) is 5.14. The van der Waals surface area contributed by atoms with Crippen molar-refractivity contribution in [2.45, 2.75) is 46.0 Å². The molecule has 0 aromatic heterocycles. The van der Waals surface area contributed by atoms with Crippen LogP contribution in [0.25, 0.3) is 0 Å². The van der Waals surface area contributed by atoms with E-state index in [1.165, 1.54) is 32.1 Å². The first-order chi connectivity index (χ1) is 4.41. The zero-order chi connectivity index (χ0) is 7.54. The normalized spacial score (nSPS) is 10.6. The third kappa shape index (κ3) is 6.00. The molecule has 0 bridgehead atoms. The van der Waals surface area contributed by atoms with Gasteiger partial charge in [-0.25, -0.2) is 0 Å². The highest BCUT2D eigenvalue weighted by molar-refractivity contribution is 4.35. The molecule has 0 rings (SSSR count). The Balaban J connectivity index is 0. The van der Waals surface area contributed by atoms with E-state index < -0.39 is 0 Å². The molecule has 0 heteroatoms. The fraction of sp³-hybridized carbons (Fsp3) is 1.00. The van der Waals surface area contributed by atoms with Crippen molar-refractivity contribution in [1.29, 1.82) is 0 Å². The summed E-state index contributed by atoms with van der Waals surface area (Å²) >= 11 is 0. The Hall–Kier alpha value is 0. The van der Waals surface area contributed by atoms with E-state index in [-0.39, 0.29) is 0 Å². The number of hydrogen-bond acceptors (Lipinski definition) is 0. The summed E-state index contributed by atoms with van der Waals surface area (Å²) in [6.07, 6.45) is 7.01. The van der Waals surface area contributed by atoms with Gasteiger partial charge in [0.2, 0.25) is 0 Å². The van der Waals surface area contributed by atoms with Crippen LogP contribution in [-0.2, 0) is 0 Å². The van der Waals surface area contributed by atoms with Gasteiger partial charge in [-0.2, -0.15) is 0 Å². The third-order valence-electron chi connectivity index (χ3n) is 1.21. The van der Waals surface area contributed by atoms with Crippen molar-refractivity contribution in [1.82, 2.24) is 0 Å². The van der Waals surface area contributed by atoms with E-state index in [1.54, 1.807) is 0 Å². The molecule has 0 saturated carbocycles. The summed E-state index contributed by atoms with van der Waals surface area (Å²) < 4.78 is 10.0. The van der Waals surface area contributed by atoms with Crippen molar-refractivity contribution in [3.05, 3.63) is 0 Å². The lowest BCUT2D eigenvalue weighted by atomic mass is 10.2. The smallest absolute Gasteiger partial charge is 0 e. The number of hydrogen-bond donors (Lipinski definition) is 0. The average molecular weight is 106 g/mol. The molecule has 0 aliphatic carbocycles. The van der Waals surface area contributed by atoms with Crippen LogP contribution in [-0.4, -0.2) is 0 Å². The predicted octanol–water partition coefficient (Wildman–Crippen LogP) is 3.22. The molecule has 0 amide bonds. The fourth-order valence-electron chi connectivity index (χ4n) is 0.677. The van der Waals surface area contributed by atoms with Gasteiger partial charge in [0.15, 0.2) is 0 Å². The molecule has 0 spiro atoms. The van der Waals surface area contributed by atoms with Crippen LogP contribution in [0.4, 0.5) is 0 Å². The first-order valence-electron chi connectivity index (χ1n) is 4.41. The van der Waals surface area contributed by atoms with E-state index in [1.807, 2.05) is 0 Å². The van der Waals surface area contributed by atoms with E-state index in [0.29, 0.717) is 0 Å². The van der Waals surface area contributed by atoms with Crippen molar-refractivity contribution in [2.75, 3.05) is 0 Å². The Bertz CT molecular complexity index is 26.1. The maximum absolute atomic E-state index is 5.00. The summed E-state index contributed by atoms with van der Waals surface area (Å²) in [6, 6.07) is 0. The highest BCUT2D eigenvalue weighted by atomic mass is 13.9. The molecule has 0 fully saturated rings. The molecule has 0 unspecified atom stereocenters. The number of rotatable bonds is 4. The zero-order valence-electron chi connectivity index (χ0n) is 7.54. The van der Waals surface area contributed by atoms with Crippen LogP contribution in [0.1, 0.15) is 48.9 Å². The van der Waals surface area contributed by atoms with Gasteiger partial charge in [0.05, 0.1) is 0 Å². The van der Waals surface area contributed by atoms with Gasteiger partial charge in [-0.1, -0.05) is 46.0 Å². The largest absolute Gasteiger partial charge is 0.0654 e. The summed E-state index contributed by atoms with van der Waals surface area (Å²) in [5.74, 6) is 0. The standard InChI is InChI=1S/C7H16.H2/c1-3-5-7-6-4-2;/h3-7H2,1-2H3;1H/i;1+2T. The van der Waals surface area contributed by atoms with Gasteiger partial charge < -0.3 is 0 Å². The second-order valence-electron chi connectivity index (χ2n) is 2.06. The second kappa shape index (κ2) is 6.00. The second-order valence-corrected chi connectivity index (χ2v) is 2.06. The molecule has 0 aliphatic rings. The van der Waals surface area contributed by atoms with Crippen LogP contribution >= 0.6 is 0 Å². The van der Waals surface area contributed by atoms with Gasteiger partial charge in [0, 0.05) is 2.97 Å². The summed E-state index contributed by atoms with van der Waals surface area (Å²) in [5, 5.41) is 0. The van der Waals surface area contributed by atoms with Crippen LogP contribution < -0.4 is 0 Å². The Labute approximate surface area is 50.0 Å². The third-order valence-corrected chi connectivity index (χ3v) is 1.21. The molecule has 0 heterocycles. The van der Waals surface area contributed by atoms with Crippen LogP contribution in [0.15, 0.2) is 0 Å². The predicted molar refractivity (Wildman–Crippen MR) is 36.5 cm³/mol. The molecule has 7 heavy (non-hydrogen) atoms. The lowest BCUT2D eigenvalue weighted by molar-refractivity contribution is 0.656. The Morgan fingerprint density at radius 3 is 1.71 bits per heavy atom. The minimum atomic E-state index is 1.36. The van der Waals surface area contributed by atoms with E-state index in [0.717, 1.165) is 0 Å².